The van der Waals surface area contributed by atoms with E-state index in [1.807, 2.05) is 35.2 Å². The Labute approximate surface area is 96.2 Å². The van der Waals surface area contributed by atoms with E-state index in [4.69, 9.17) is 2.74 Å². The molecular formula is C14H21N. The molecule has 0 spiro atoms. The van der Waals surface area contributed by atoms with Gasteiger partial charge < -0.3 is 4.90 Å². The zero-order valence-electron chi connectivity index (χ0n) is 11.7. The molecule has 0 bridgehead atoms. The molecule has 82 valence electrons. The standard InChI is InChI=1S/C14H21N/c1-3-11-15(12-4-2)13-10-14-8-6-5-7-9-14/h5-10,13H,3-4,11-12H2,1-2H3/b13-10+/i10D,13D. The van der Waals surface area contributed by atoms with Crippen molar-refractivity contribution in [2.24, 2.45) is 0 Å². The van der Waals surface area contributed by atoms with Crippen molar-refractivity contribution in [3.63, 3.8) is 0 Å². The first-order valence-electron chi connectivity index (χ1n) is 6.68. The fourth-order valence-electron chi connectivity index (χ4n) is 1.43. The molecule has 0 saturated heterocycles. The highest BCUT2D eigenvalue weighted by atomic mass is 15.1. The van der Waals surface area contributed by atoms with E-state index in [1.54, 1.807) is 0 Å². The summed E-state index contributed by atoms with van der Waals surface area (Å²) in [6, 6.07) is 9.81. The van der Waals surface area contributed by atoms with Crippen molar-refractivity contribution < 1.29 is 2.74 Å². The van der Waals surface area contributed by atoms with Gasteiger partial charge >= 0.3 is 0 Å². The minimum Gasteiger partial charge on any atom is -0.377 e. The van der Waals surface area contributed by atoms with Crippen molar-refractivity contribution in [2.75, 3.05) is 13.1 Å². The third-order valence-corrected chi connectivity index (χ3v) is 2.12. The summed E-state index contributed by atoms with van der Waals surface area (Å²) in [5, 5.41) is 0. The lowest BCUT2D eigenvalue weighted by Crippen LogP contribution is -2.18. The van der Waals surface area contributed by atoms with Crippen LogP contribution in [-0.2, 0) is 0 Å². The van der Waals surface area contributed by atoms with Crippen LogP contribution < -0.4 is 0 Å². The maximum absolute atomic E-state index is 8.10. The molecule has 0 unspecified atom stereocenters. The quantitative estimate of drug-likeness (QED) is 0.683. The lowest BCUT2D eigenvalue weighted by Gasteiger charge is -2.18. The van der Waals surface area contributed by atoms with Gasteiger partial charge in [0.25, 0.3) is 0 Å². The average Bonchev–Trinajstić information content (AvgIpc) is 2.38. The van der Waals surface area contributed by atoms with Crippen LogP contribution in [0.5, 0.6) is 0 Å². The minimum atomic E-state index is 0.313. The van der Waals surface area contributed by atoms with Gasteiger partial charge in [0.15, 0.2) is 0 Å². The van der Waals surface area contributed by atoms with Crippen LogP contribution in [0.2, 0.25) is 0 Å². The average molecular weight is 205 g/mol. The second-order valence-corrected chi connectivity index (χ2v) is 3.59. The van der Waals surface area contributed by atoms with Gasteiger partial charge in [-0.1, -0.05) is 44.2 Å². The SMILES string of the molecule is [2H]/C(=C(/[2H])N(CCC)CCC)c1ccccc1. The summed E-state index contributed by atoms with van der Waals surface area (Å²) >= 11 is 0. The predicted molar refractivity (Wildman–Crippen MR) is 67.6 cm³/mol. The topological polar surface area (TPSA) is 3.24 Å². The predicted octanol–water partition coefficient (Wildman–Crippen LogP) is 3.78. The molecule has 0 atom stereocenters. The van der Waals surface area contributed by atoms with Crippen LogP contribution in [0, 0.1) is 0 Å². The molecule has 0 heterocycles. The van der Waals surface area contributed by atoms with Gasteiger partial charge in [-0.25, -0.2) is 0 Å². The van der Waals surface area contributed by atoms with E-state index in [0.717, 1.165) is 31.5 Å². The largest absolute Gasteiger partial charge is 0.377 e. The van der Waals surface area contributed by atoms with E-state index in [-0.39, 0.29) is 0 Å². The lowest BCUT2D eigenvalue weighted by molar-refractivity contribution is 0.378. The first-order chi connectivity index (χ1) is 8.20. The molecule has 0 N–H and O–H groups in total. The van der Waals surface area contributed by atoms with Gasteiger partial charge in [0.2, 0.25) is 0 Å². The summed E-state index contributed by atoms with van der Waals surface area (Å²) in [6.45, 7) is 5.90. The van der Waals surface area contributed by atoms with Crippen LogP contribution in [0.1, 0.15) is 35.0 Å². The molecule has 15 heavy (non-hydrogen) atoms. The molecule has 0 amide bonds. The molecule has 0 aliphatic rings. The summed E-state index contributed by atoms with van der Waals surface area (Å²) < 4.78 is 16.2. The van der Waals surface area contributed by atoms with Gasteiger partial charge in [0, 0.05) is 13.1 Å². The smallest absolute Gasteiger partial charge is 0.0814 e. The Bertz CT molecular complexity index is 354. The molecule has 0 radical (unpaired) electrons. The monoisotopic (exact) mass is 205 g/mol. The van der Waals surface area contributed by atoms with Gasteiger partial charge in [-0.05, 0) is 30.6 Å². The highest BCUT2D eigenvalue weighted by Crippen LogP contribution is 2.03. The Morgan fingerprint density at radius 1 is 1.13 bits per heavy atom. The van der Waals surface area contributed by atoms with Crippen LogP contribution in [0.25, 0.3) is 6.05 Å². The molecular weight excluding hydrogens is 182 g/mol. The van der Waals surface area contributed by atoms with Crippen molar-refractivity contribution >= 4 is 6.05 Å². The molecule has 0 fully saturated rings. The number of benzene rings is 1. The van der Waals surface area contributed by atoms with E-state index in [0.29, 0.717) is 12.2 Å². The summed E-state index contributed by atoms with van der Waals surface area (Å²) in [7, 11) is 0. The fraction of sp³-hybridized carbons (Fsp3) is 0.429. The van der Waals surface area contributed by atoms with Crippen molar-refractivity contribution in [1.29, 1.82) is 0 Å². The maximum Gasteiger partial charge on any atom is 0.0814 e. The van der Waals surface area contributed by atoms with Crippen LogP contribution in [0.15, 0.2) is 36.5 Å². The molecule has 0 aliphatic heterocycles. The van der Waals surface area contributed by atoms with Crippen molar-refractivity contribution in [1.82, 2.24) is 4.90 Å². The third kappa shape index (κ3) is 4.68. The molecule has 0 aliphatic carbocycles. The second kappa shape index (κ2) is 7.10. The van der Waals surface area contributed by atoms with Crippen molar-refractivity contribution in [3.05, 3.63) is 42.1 Å². The number of rotatable bonds is 6. The Morgan fingerprint density at radius 2 is 1.73 bits per heavy atom. The number of hydrogen-bond donors (Lipinski definition) is 0. The van der Waals surface area contributed by atoms with Crippen molar-refractivity contribution in [2.45, 2.75) is 26.7 Å². The number of hydrogen-bond acceptors (Lipinski definition) is 1. The highest BCUT2D eigenvalue weighted by Gasteiger charge is 1.94. The lowest BCUT2D eigenvalue weighted by atomic mass is 10.2. The van der Waals surface area contributed by atoms with Crippen LogP contribution in [0.3, 0.4) is 0 Å². The Hall–Kier alpha value is -1.24. The van der Waals surface area contributed by atoms with Gasteiger partial charge in [0.05, 0.1) is 2.74 Å². The van der Waals surface area contributed by atoms with Gasteiger partial charge in [-0.15, -0.1) is 0 Å². The van der Waals surface area contributed by atoms with Crippen molar-refractivity contribution in [3.8, 4) is 0 Å². The summed E-state index contributed by atoms with van der Waals surface area (Å²) in [5.41, 5.74) is 0.815. The summed E-state index contributed by atoms with van der Waals surface area (Å²) in [5.74, 6) is 0. The first-order valence-corrected chi connectivity index (χ1v) is 5.68. The Balaban J connectivity index is 2.93. The molecule has 1 aromatic carbocycles. The third-order valence-electron chi connectivity index (χ3n) is 2.12. The van der Waals surface area contributed by atoms with E-state index in [9.17, 15) is 0 Å². The normalized spacial score (nSPS) is 14.0. The zero-order chi connectivity index (χ0) is 12.7. The molecule has 1 heteroatoms. The highest BCUT2D eigenvalue weighted by molar-refractivity contribution is 5.48. The summed E-state index contributed by atoms with van der Waals surface area (Å²) in [6.07, 6.45) is 2.34. The van der Waals surface area contributed by atoms with Crippen LogP contribution in [0.4, 0.5) is 0 Å². The van der Waals surface area contributed by atoms with Crippen LogP contribution in [-0.4, -0.2) is 18.0 Å². The maximum atomic E-state index is 8.10. The van der Waals surface area contributed by atoms with Gasteiger partial charge in [-0.2, -0.15) is 0 Å². The first kappa shape index (κ1) is 9.02. The van der Waals surface area contributed by atoms with Gasteiger partial charge in [0.1, 0.15) is 0 Å². The van der Waals surface area contributed by atoms with E-state index >= 15 is 0 Å². The van der Waals surface area contributed by atoms with Gasteiger partial charge in [-0.3, -0.25) is 0 Å². The molecule has 1 aromatic rings. The molecule has 0 aromatic heterocycles. The summed E-state index contributed by atoms with van der Waals surface area (Å²) in [4.78, 5) is 1.98. The zero-order valence-corrected chi connectivity index (χ0v) is 9.66. The second-order valence-electron chi connectivity index (χ2n) is 3.59. The van der Waals surface area contributed by atoms with Crippen LogP contribution >= 0.6 is 0 Å². The molecule has 1 rings (SSSR count). The van der Waals surface area contributed by atoms with E-state index in [2.05, 4.69) is 13.8 Å². The Kier molecular flexibility index (Phi) is 4.27. The minimum absolute atomic E-state index is 0.313. The number of nitrogens with zero attached hydrogens (tertiary/aromatic N) is 1. The molecule has 1 nitrogen and oxygen atoms in total. The fourth-order valence-corrected chi connectivity index (χ4v) is 1.43. The van der Waals surface area contributed by atoms with E-state index in [1.165, 1.54) is 0 Å². The molecule has 0 saturated carbocycles. The van der Waals surface area contributed by atoms with E-state index < -0.39 is 0 Å². The Morgan fingerprint density at radius 3 is 2.27 bits per heavy atom.